The van der Waals surface area contributed by atoms with Gasteiger partial charge in [-0.15, -0.1) is 0 Å². The second kappa shape index (κ2) is 9.66. The molecule has 3 aromatic carbocycles. The van der Waals surface area contributed by atoms with Crippen LogP contribution in [-0.2, 0) is 16.6 Å². The molecule has 0 aliphatic carbocycles. The van der Waals surface area contributed by atoms with Gasteiger partial charge >= 0.3 is 0 Å². The predicted octanol–water partition coefficient (Wildman–Crippen LogP) is 4.15. The minimum atomic E-state index is -3.73. The number of rotatable bonds is 8. The lowest BCUT2D eigenvalue weighted by Gasteiger charge is -2.22. The zero-order chi connectivity index (χ0) is 22.4. The van der Waals surface area contributed by atoms with Crippen LogP contribution in [0.4, 0.5) is 5.69 Å². The van der Waals surface area contributed by atoms with E-state index in [-0.39, 0.29) is 10.8 Å². The van der Waals surface area contributed by atoms with Crippen molar-refractivity contribution in [1.29, 1.82) is 0 Å². The van der Waals surface area contributed by atoms with Crippen molar-refractivity contribution >= 4 is 21.6 Å². The van der Waals surface area contributed by atoms with Crippen LogP contribution >= 0.6 is 0 Å². The number of ether oxygens (including phenoxy) is 1. The summed E-state index contributed by atoms with van der Waals surface area (Å²) in [5, 5.41) is 2.88. The van der Waals surface area contributed by atoms with E-state index in [2.05, 4.69) is 5.32 Å². The maximum atomic E-state index is 13.0. The van der Waals surface area contributed by atoms with Crippen molar-refractivity contribution in [3.63, 3.8) is 0 Å². The Morgan fingerprint density at radius 3 is 2.32 bits per heavy atom. The maximum absolute atomic E-state index is 13.0. The van der Waals surface area contributed by atoms with E-state index in [0.717, 1.165) is 16.9 Å². The number of anilines is 1. The molecular formula is C24H26N2O4S. The first kappa shape index (κ1) is 22.4. The summed E-state index contributed by atoms with van der Waals surface area (Å²) in [5.74, 6) is 0.504. The minimum absolute atomic E-state index is 0.197. The molecule has 3 aromatic rings. The summed E-state index contributed by atoms with van der Waals surface area (Å²) in [5.41, 5.74) is 2.54. The predicted molar refractivity (Wildman–Crippen MR) is 122 cm³/mol. The van der Waals surface area contributed by atoms with E-state index >= 15 is 0 Å². The second-order valence-corrected chi connectivity index (χ2v) is 9.02. The van der Waals surface area contributed by atoms with Gasteiger partial charge in [-0.05, 0) is 61.4 Å². The maximum Gasteiger partial charge on any atom is 0.264 e. The van der Waals surface area contributed by atoms with Crippen molar-refractivity contribution in [2.75, 3.05) is 18.0 Å². The zero-order valence-electron chi connectivity index (χ0n) is 17.8. The van der Waals surface area contributed by atoms with E-state index in [4.69, 9.17) is 4.74 Å². The molecule has 162 valence electrons. The smallest absolute Gasteiger partial charge is 0.264 e. The first-order valence-electron chi connectivity index (χ1n) is 9.97. The number of sulfonamides is 1. The Kier molecular flexibility index (Phi) is 6.97. The van der Waals surface area contributed by atoms with Crippen LogP contribution in [-0.4, -0.2) is 28.0 Å². The number of nitrogens with one attached hydrogen (secondary N) is 1. The number of carbonyl (C=O) groups is 1. The molecule has 0 aliphatic rings. The summed E-state index contributed by atoms with van der Waals surface area (Å²) < 4.78 is 32.6. The first-order valence-corrected chi connectivity index (χ1v) is 11.4. The average Bonchev–Trinajstić information content (AvgIpc) is 2.79. The summed E-state index contributed by atoms with van der Waals surface area (Å²) >= 11 is 0. The number of nitrogens with zero attached hydrogens (tertiary/aromatic N) is 1. The van der Waals surface area contributed by atoms with E-state index in [1.807, 2.05) is 38.1 Å². The van der Waals surface area contributed by atoms with Gasteiger partial charge in [0.25, 0.3) is 15.9 Å². The van der Waals surface area contributed by atoms with E-state index in [9.17, 15) is 13.2 Å². The highest BCUT2D eigenvalue weighted by atomic mass is 32.2. The van der Waals surface area contributed by atoms with Crippen LogP contribution < -0.4 is 14.4 Å². The molecule has 0 bridgehead atoms. The van der Waals surface area contributed by atoms with Crippen molar-refractivity contribution in [3.05, 3.63) is 89.5 Å². The van der Waals surface area contributed by atoms with Gasteiger partial charge in [-0.25, -0.2) is 8.42 Å². The fraction of sp³-hybridized carbons (Fsp3) is 0.208. The fourth-order valence-corrected chi connectivity index (χ4v) is 4.40. The summed E-state index contributed by atoms with van der Waals surface area (Å²) in [6.07, 6.45) is 0. The second-order valence-electron chi connectivity index (χ2n) is 7.05. The highest BCUT2D eigenvalue weighted by molar-refractivity contribution is 7.92. The molecule has 0 fully saturated rings. The molecule has 1 amide bonds. The van der Waals surface area contributed by atoms with E-state index in [1.54, 1.807) is 48.5 Å². The third-order valence-corrected chi connectivity index (χ3v) is 6.69. The van der Waals surface area contributed by atoms with Crippen LogP contribution in [0.1, 0.15) is 28.4 Å². The Morgan fingerprint density at radius 2 is 1.68 bits per heavy atom. The molecular weight excluding hydrogens is 412 g/mol. The van der Waals surface area contributed by atoms with Crippen molar-refractivity contribution in [3.8, 4) is 5.75 Å². The number of amides is 1. The largest absolute Gasteiger partial charge is 0.494 e. The van der Waals surface area contributed by atoms with E-state index < -0.39 is 10.0 Å². The fourth-order valence-electron chi connectivity index (χ4n) is 3.12. The van der Waals surface area contributed by atoms with Crippen LogP contribution in [0.25, 0.3) is 0 Å². The molecule has 0 aliphatic heterocycles. The highest BCUT2D eigenvalue weighted by Gasteiger charge is 2.23. The topological polar surface area (TPSA) is 75.7 Å². The highest BCUT2D eigenvalue weighted by Crippen LogP contribution is 2.26. The number of hydrogen-bond acceptors (Lipinski definition) is 4. The summed E-state index contributed by atoms with van der Waals surface area (Å²) in [6, 6.07) is 20.8. The molecule has 0 spiro atoms. The molecule has 0 heterocycles. The number of hydrogen-bond donors (Lipinski definition) is 1. The Bertz CT molecular complexity index is 1140. The molecule has 3 rings (SSSR count). The van der Waals surface area contributed by atoms with Crippen molar-refractivity contribution in [2.45, 2.75) is 25.3 Å². The van der Waals surface area contributed by atoms with Gasteiger partial charge < -0.3 is 10.1 Å². The quantitative estimate of drug-likeness (QED) is 0.573. The molecule has 0 atom stereocenters. The van der Waals surface area contributed by atoms with Gasteiger partial charge in [0, 0.05) is 19.2 Å². The molecule has 7 heteroatoms. The van der Waals surface area contributed by atoms with Crippen LogP contribution in [0.5, 0.6) is 5.75 Å². The number of benzene rings is 3. The lowest BCUT2D eigenvalue weighted by atomic mass is 10.1. The Labute approximate surface area is 183 Å². The molecule has 6 nitrogen and oxygen atoms in total. The summed E-state index contributed by atoms with van der Waals surface area (Å²) in [6.45, 7) is 4.69. The van der Waals surface area contributed by atoms with Crippen LogP contribution in [0, 0.1) is 6.92 Å². The number of aryl methyl sites for hydroxylation is 1. The normalized spacial score (nSPS) is 11.1. The standard InChI is InChI=1S/C24H26N2O4S/c1-4-30-21-14-11-19(12-15-21)17-25-24(27)20-13-10-18(2)23(16-20)26(3)31(28,29)22-8-6-5-7-9-22/h5-16H,4,17H2,1-3H3,(H,25,27). The van der Waals surface area contributed by atoms with Crippen molar-refractivity contribution in [2.24, 2.45) is 0 Å². The first-order chi connectivity index (χ1) is 14.8. The molecule has 0 radical (unpaired) electrons. The van der Waals surface area contributed by atoms with Crippen LogP contribution in [0.15, 0.2) is 77.7 Å². The summed E-state index contributed by atoms with van der Waals surface area (Å²) in [7, 11) is -2.24. The van der Waals surface area contributed by atoms with E-state index in [0.29, 0.717) is 24.4 Å². The van der Waals surface area contributed by atoms with Gasteiger partial charge in [0.1, 0.15) is 5.75 Å². The van der Waals surface area contributed by atoms with Gasteiger partial charge in [-0.2, -0.15) is 0 Å². The van der Waals surface area contributed by atoms with Crippen LogP contribution in [0.3, 0.4) is 0 Å². The molecule has 31 heavy (non-hydrogen) atoms. The Balaban J connectivity index is 1.76. The minimum Gasteiger partial charge on any atom is -0.494 e. The molecule has 1 N–H and O–H groups in total. The van der Waals surface area contributed by atoms with Crippen LogP contribution in [0.2, 0.25) is 0 Å². The van der Waals surface area contributed by atoms with Gasteiger partial charge in [-0.1, -0.05) is 36.4 Å². The molecule has 0 unspecified atom stereocenters. The SMILES string of the molecule is CCOc1ccc(CNC(=O)c2ccc(C)c(N(C)S(=O)(=O)c3ccccc3)c2)cc1. The van der Waals surface area contributed by atoms with Gasteiger partial charge in [0.05, 0.1) is 17.2 Å². The Morgan fingerprint density at radius 1 is 1.00 bits per heavy atom. The molecule has 0 saturated heterocycles. The van der Waals surface area contributed by atoms with Gasteiger partial charge in [0.15, 0.2) is 0 Å². The third-order valence-electron chi connectivity index (χ3n) is 4.90. The lowest BCUT2D eigenvalue weighted by molar-refractivity contribution is 0.0951. The summed E-state index contributed by atoms with van der Waals surface area (Å²) in [4.78, 5) is 12.9. The Hall–Kier alpha value is -3.32. The zero-order valence-corrected chi connectivity index (χ0v) is 18.6. The van der Waals surface area contributed by atoms with E-state index in [1.165, 1.54) is 11.4 Å². The third kappa shape index (κ3) is 5.24. The average molecular weight is 439 g/mol. The van der Waals surface area contributed by atoms with Gasteiger partial charge in [0.2, 0.25) is 0 Å². The molecule has 0 saturated carbocycles. The lowest BCUT2D eigenvalue weighted by Crippen LogP contribution is -2.28. The number of carbonyl (C=O) groups excluding carboxylic acids is 1. The van der Waals surface area contributed by atoms with Gasteiger partial charge in [-0.3, -0.25) is 9.10 Å². The van der Waals surface area contributed by atoms with Crippen molar-refractivity contribution < 1.29 is 17.9 Å². The molecule has 0 aromatic heterocycles. The van der Waals surface area contributed by atoms with Crippen molar-refractivity contribution in [1.82, 2.24) is 5.32 Å². The monoisotopic (exact) mass is 438 g/mol.